The van der Waals surface area contributed by atoms with Gasteiger partial charge in [0, 0.05) is 5.92 Å². The van der Waals surface area contributed by atoms with Gasteiger partial charge in [0.25, 0.3) is 5.19 Å². The summed E-state index contributed by atoms with van der Waals surface area (Å²) in [6.07, 6.45) is 3.52. The third kappa shape index (κ3) is 3.28. The minimum Gasteiger partial charge on any atom is -0.481 e. The molecular weight excluding hydrogens is 378 g/mol. The van der Waals surface area contributed by atoms with Gasteiger partial charge >= 0.3 is 5.97 Å². The van der Waals surface area contributed by atoms with Crippen LogP contribution in [-0.2, 0) is 4.79 Å². The Kier molecular flexibility index (Phi) is 4.73. The summed E-state index contributed by atoms with van der Waals surface area (Å²) in [6.45, 7) is 1.84. The standard InChI is InChI=1S/C17H18BrNO3S/c1-17(15(20)21)10-6-5-9-12(17)13-14(18)23-16(19-13)22-11-7-3-2-4-8-11/h2-4,7-8,12H,5-6,9-10H2,1H3,(H,20,21)/t12-,17+/m0/s1. The van der Waals surface area contributed by atoms with E-state index in [0.717, 1.165) is 34.5 Å². The zero-order chi connectivity index (χ0) is 16.4. The number of aliphatic carboxylic acids is 1. The molecule has 2 atom stereocenters. The number of ether oxygens (including phenoxy) is 1. The number of nitrogens with zero attached hydrogens (tertiary/aromatic N) is 1. The molecule has 1 aromatic heterocycles. The van der Waals surface area contributed by atoms with Crippen molar-refractivity contribution in [2.45, 2.75) is 38.5 Å². The SMILES string of the molecule is C[C@@]1(C(=O)O)CCCC[C@H]1c1nc(Oc2ccccc2)sc1Br. The number of carboxylic acid groups (broad SMARTS) is 1. The summed E-state index contributed by atoms with van der Waals surface area (Å²) in [5.74, 6) is -0.106. The molecule has 0 spiro atoms. The minimum atomic E-state index is -0.765. The number of hydrogen-bond donors (Lipinski definition) is 1. The summed E-state index contributed by atoms with van der Waals surface area (Å²) >= 11 is 4.96. The zero-order valence-electron chi connectivity index (χ0n) is 12.8. The summed E-state index contributed by atoms with van der Waals surface area (Å²) in [6, 6.07) is 9.48. The first-order valence-electron chi connectivity index (χ1n) is 7.63. The van der Waals surface area contributed by atoms with E-state index in [2.05, 4.69) is 20.9 Å². The maximum atomic E-state index is 11.8. The van der Waals surface area contributed by atoms with Crippen LogP contribution in [0.25, 0.3) is 0 Å². The second-order valence-electron chi connectivity index (χ2n) is 6.07. The van der Waals surface area contributed by atoms with E-state index in [1.54, 1.807) is 0 Å². The topological polar surface area (TPSA) is 59.4 Å². The lowest BCUT2D eigenvalue weighted by molar-refractivity contribution is -0.151. The van der Waals surface area contributed by atoms with Gasteiger partial charge in [-0.05, 0) is 47.8 Å². The number of benzene rings is 1. The Hall–Kier alpha value is -1.40. The fourth-order valence-electron chi connectivity index (χ4n) is 3.17. The smallest absolute Gasteiger partial charge is 0.310 e. The predicted molar refractivity (Wildman–Crippen MR) is 93.3 cm³/mol. The largest absolute Gasteiger partial charge is 0.481 e. The quantitative estimate of drug-likeness (QED) is 0.747. The third-order valence-corrected chi connectivity index (χ3v) is 6.19. The Labute approximate surface area is 147 Å². The van der Waals surface area contributed by atoms with E-state index >= 15 is 0 Å². The normalized spacial score (nSPS) is 24.3. The molecule has 1 saturated carbocycles. The molecule has 0 radical (unpaired) electrons. The van der Waals surface area contributed by atoms with Crippen molar-refractivity contribution < 1.29 is 14.6 Å². The van der Waals surface area contributed by atoms with Gasteiger partial charge in [0.1, 0.15) is 5.75 Å². The second kappa shape index (κ2) is 6.61. The van der Waals surface area contributed by atoms with Crippen LogP contribution in [0.3, 0.4) is 0 Å². The highest BCUT2D eigenvalue weighted by Crippen LogP contribution is 2.50. The molecule has 1 aliphatic rings. The molecule has 0 aliphatic heterocycles. The van der Waals surface area contributed by atoms with Crippen molar-refractivity contribution in [2.75, 3.05) is 0 Å². The van der Waals surface area contributed by atoms with E-state index in [4.69, 9.17) is 4.74 Å². The fourth-order valence-corrected chi connectivity index (χ4v) is 4.68. The molecule has 1 N–H and O–H groups in total. The Balaban J connectivity index is 1.89. The summed E-state index contributed by atoms with van der Waals surface area (Å²) < 4.78 is 6.65. The lowest BCUT2D eigenvalue weighted by atomic mass is 9.66. The van der Waals surface area contributed by atoms with Gasteiger partial charge in [-0.2, -0.15) is 0 Å². The average Bonchev–Trinajstić information content (AvgIpc) is 2.89. The summed E-state index contributed by atoms with van der Waals surface area (Å²) in [5, 5.41) is 10.2. The van der Waals surface area contributed by atoms with Crippen LogP contribution in [0.1, 0.15) is 44.2 Å². The van der Waals surface area contributed by atoms with Crippen LogP contribution in [0.4, 0.5) is 0 Å². The molecule has 0 saturated heterocycles. The van der Waals surface area contributed by atoms with Gasteiger partial charge in [0.2, 0.25) is 0 Å². The van der Waals surface area contributed by atoms with Crippen molar-refractivity contribution in [1.29, 1.82) is 0 Å². The number of hydrogen-bond acceptors (Lipinski definition) is 4. The predicted octanol–water partition coefficient (Wildman–Crippen LogP) is 5.45. The molecule has 1 fully saturated rings. The number of para-hydroxylation sites is 1. The van der Waals surface area contributed by atoms with Crippen LogP contribution < -0.4 is 4.74 Å². The Bertz CT molecular complexity index is 703. The maximum Gasteiger partial charge on any atom is 0.310 e. The van der Waals surface area contributed by atoms with Crippen LogP contribution in [0.5, 0.6) is 10.9 Å². The molecule has 1 aliphatic carbocycles. The van der Waals surface area contributed by atoms with Crippen molar-refractivity contribution in [3.05, 3.63) is 39.8 Å². The number of aromatic nitrogens is 1. The lowest BCUT2D eigenvalue weighted by Gasteiger charge is -2.37. The van der Waals surface area contributed by atoms with Gasteiger partial charge < -0.3 is 9.84 Å². The van der Waals surface area contributed by atoms with Gasteiger partial charge in [-0.25, -0.2) is 4.98 Å². The highest BCUT2D eigenvalue weighted by Gasteiger charge is 2.45. The molecule has 0 bridgehead atoms. The van der Waals surface area contributed by atoms with Crippen LogP contribution in [0.15, 0.2) is 34.1 Å². The van der Waals surface area contributed by atoms with Crippen LogP contribution in [0.2, 0.25) is 0 Å². The Morgan fingerprint density at radius 1 is 1.39 bits per heavy atom. The molecule has 23 heavy (non-hydrogen) atoms. The Morgan fingerprint density at radius 3 is 2.83 bits per heavy atom. The first-order chi connectivity index (χ1) is 11.0. The van der Waals surface area contributed by atoms with Crippen molar-refractivity contribution in [3.63, 3.8) is 0 Å². The first kappa shape index (κ1) is 16.5. The molecular formula is C17H18BrNO3S. The van der Waals surface area contributed by atoms with Crippen molar-refractivity contribution in [3.8, 4) is 10.9 Å². The number of rotatable bonds is 4. The molecule has 4 nitrogen and oxygen atoms in total. The monoisotopic (exact) mass is 395 g/mol. The van der Waals surface area contributed by atoms with Crippen LogP contribution in [-0.4, -0.2) is 16.1 Å². The number of carboxylic acids is 1. The fraction of sp³-hybridized carbons (Fsp3) is 0.412. The first-order valence-corrected chi connectivity index (χ1v) is 9.24. The van der Waals surface area contributed by atoms with Crippen molar-refractivity contribution in [1.82, 2.24) is 4.98 Å². The molecule has 0 amide bonds. The van der Waals surface area contributed by atoms with E-state index in [-0.39, 0.29) is 5.92 Å². The highest BCUT2D eigenvalue weighted by molar-refractivity contribution is 9.11. The summed E-state index contributed by atoms with van der Waals surface area (Å²) in [5.41, 5.74) is 0.0457. The van der Waals surface area contributed by atoms with Crippen molar-refractivity contribution >= 4 is 33.2 Å². The maximum absolute atomic E-state index is 11.8. The summed E-state index contributed by atoms with van der Waals surface area (Å²) in [4.78, 5) is 16.4. The van der Waals surface area contributed by atoms with E-state index in [1.165, 1.54) is 11.3 Å². The molecule has 2 aromatic rings. The van der Waals surface area contributed by atoms with E-state index in [9.17, 15) is 9.90 Å². The zero-order valence-corrected chi connectivity index (χ0v) is 15.2. The van der Waals surface area contributed by atoms with Gasteiger partial charge in [-0.3, -0.25) is 4.79 Å². The van der Waals surface area contributed by atoms with Crippen LogP contribution >= 0.6 is 27.3 Å². The minimum absolute atomic E-state index is 0.0903. The van der Waals surface area contributed by atoms with E-state index in [1.807, 2.05) is 37.3 Å². The number of thiazole rings is 1. The molecule has 1 aromatic carbocycles. The molecule has 3 rings (SSSR count). The van der Waals surface area contributed by atoms with Gasteiger partial charge in [-0.15, -0.1) is 0 Å². The van der Waals surface area contributed by atoms with Gasteiger partial charge in [0.15, 0.2) is 0 Å². The average molecular weight is 396 g/mol. The Morgan fingerprint density at radius 2 is 2.13 bits per heavy atom. The molecule has 0 unspecified atom stereocenters. The lowest BCUT2D eigenvalue weighted by Crippen LogP contribution is -2.37. The van der Waals surface area contributed by atoms with Gasteiger partial charge in [-0.1, -0.05) is 42.4 Å². The van der Waals surface area contributed by atoms with Crippen molar-refractivity contribution in [2.24, 2.45) is 5.41 Å². The molecule has 122 valence electrons. The van der Waals surface area contributed by atoms with Crippen LogP contribution in [0, 0.1) is 5.41 Å². The molecule has 1 heterocycles. The molecule has 6 heteroatoms. The van der Waals surface area contributed by atoms with E-state index in [0.29, 0.717) is 11.6 Å². The van der Waals surface area contributed by atoms with E-state index < -0.39 is 11.4 Å². The highest BCUT2D eigenvalue weighted by atomic mass is 79.9. The third-order valence-electron chi connectivity index (χ3n) is 4.57. The second-order valence-corrected chi connectivity index (χ2v) is 8.35. The summed E-state index contributed by atoms with van der Waals surface area (Å²) in [7, 11) is 0. The van der Waals surface area contributed by atoms with Gasteiger partial charge in [0.05, 0.1) is 14.9 Å². The number of carbonyl (C=O) groups is 1. The number of halogens is 1.